The molecule has 4 heteroatoms. The minimum Gasteiger partial charge on any atom is -0.490 e. The van der Waals surface area contributed by atoms with Crippen molar-refractivity contribution in [3.63, 3.8) is 0 Å². The van der Waals surface area contributed by atoms with Crippen molar-refractivity contribution in [1.82, 2.24) is 5.32 Å². The van der Waals surface area contributed by atoms with Gasteiger partial charge in [0.1, 0.15) is 0 Å². The van der Waals surface area contributed by atoms with Crippen LogP contribution in [0.4, 0.5) is 0 Å². The molecule has 0 amide bonds. The van der Waals surface area contributed by atoms with E-state index in [2.05, 4.69) is 12.2 Å². The maximum Gasteiger partial charge on any atom is 0.176 e. The lowest BCUT2D eigenvalue weighted by atomic mass is 10.1. The molecule has 0 radical (unpaired) electrons. The summed E-state index contributed by atoms with van der Waals surface area (Å²) in [5.41, 5.74) is 0.674. The van der Waals surface area contributed by atoms with Crippen LogP contribution in [-0.4, -0.2) is 32.1 Å². The predicted molar refractivity (Wildman–Crippen MR) is 74.2 cm³/mol. The van der Waals surface area contributed by atoms with E-state index in [0.717, 1.165) is 31.6 Å². The summed E-state index contributed by atoms with van der Waals surface area (Å²) in [6, 6.07) is 5.40. The van der Waals surface area contributed by atoms with Crippen LogP contribution in [0.15, 0.2) is 18.2 Å². The van der Waals surface area contributed by atoms with E-state index in [1.165, 1.54) is 0 Å². The van der Waals surface area contributed by atoms with Gasteiger partial charge in [0.05, 0.1) is 19.8 Å². The topological polar surface area (TPSA) is 47.6 Å². The van der Waals surface area contributed by atoms with Crippen LogP contribution in [0.5, 0.6) is 11.5 Å². The second kappa shape index (κ2) is 7.14. The summed E-state index contributed by atoms with van der Waals surface area (Å²) in [7, 11) is 0. The third-order valence-corrected chi connectivity index (χ3v) is 3.06. The molecule has 0 saturated carbocycles. The number of rotatable bonds is 6. The van der Waals surface area contributed by atoms with Gasteiger partial charge in [-0.2, -0.15) is 0 Å². The Balaban J connectivity index is 1.96. The van der Waals surface area contributed by atoms with Crippen molar-refractivity contribution >= 4 is 5.78 Å². The quantitative estimate of drug-likeness (QED) is 0.632. The molecule has 0 bridgehead atoms. The van der Waals surface area contributed by atoms with Gasteiger partial charge in [-0.15, -0.1) is 0 Å². The summed E-state index contributed by atoms with van der Waals surface area (Å²) in [5, 5.41) is 3.16. The zero-order chi connectivity index (χ0) is 13.5. The lowest BCUT2D eigenvalue weighted by Gasteiger charge is -2.09. The summed E-state index contributed by atoms with van der Waals surface area (Å²) >= 11 is 0. The molecule has 1 aliphatic heterocycles. The van der Waals surface area contributed by atoms with E-state index in [1.807, 2.05) is 6.07 Å². The van der Waals surface area contributed by atoms with E-state index in [-0.39, 0.29) is 5.78 Å². The number of benzene rings is 1. The van der Waals surface area contributed by atoms with Crippen LogP contribution in [0.25, 0.3) is 0 Å². The number of Topliss-reactive ketones (excluding diaryl/α,β-unsaturated/α-hetero) is 1. The molecule has 1 aromatic carbocycles. The van der Waals surface area contributed by atoms with Gasteiger partial charge in [-0.05, 0) is 31.2 Å². The van der Waals surface area contributed by atoms with Gasteiger partial charge in [-0.1, -0.05) is 13.3 Å². The van der Waals surface area contributed by atoms with Crippen LogP contribution in [-0.2, 0) is 0 Å². The molecule has 0 saturated heterocycles. The Kier molecular flexibility index (Phi) is 5.21. The zero-order valence-corrected chi connectivity index (χ0v) is 11.4. The molecule has 0 unspecified atom stereocenters. The number of unbranched alkanes of at least 4 members (excludes halogenated alkanes) is 1. The summed E-state index contributed by atoms with van der Waals surface area (Å²) in [6.45, 7) is 4.69. The van der Waals surface area contributed by atoms with Crippen molar-refractivity contribution in [2.45, 2.75) is 26.2 Å². The van der Waals surface area contributed by atoms with Gasteiger partial charge in [0, 0.05) is 12.0 Å². The van der Waals surface area contributed by atoms with Crippen molar-refractivity contribution in [3.8, 4) is 11.5 Å². The number of carbonyl (C=O) groups excluding carboxylic acids is 1. The first-order valence-corrected chi connectivity index (χ1v) is 6.95. The number of carbonyl (C=O) groups is 1. The van der Waals surface area contributed by atoms with Crippen molar-refractivity contribution < 1.29 is 14.3 Å². The van der Waals surface area contributed by atoms with Gasteiger partial charge in [0.25, 0.3) is 0 Å². The molecular formula is C15H21NO3. The second-order valence-corrected chi connectivity index (χ2v) is 4.67. The fraction of sp³-hybridized carbons (Fsp3) is 0.533. The number of hydrogen-bond donors (Lipinski definition) is 1. The molecule has 0 atom stereocenters. The van der Waals surface area contributed by atoms with Crippen LogP contribution >= 0.6 is 0 Å². The van der Waals surface area contributed by atoms with Crippen LogP contribution in [0.1, 0.15) is 36.5 Å². The normalized spacial score (nSPS) is 13.9. The first kappa shape index (κ1) is 13.9. The highest BCUT2D eigenvalue weighted by atomic mass is 16.5. The summed E-state index contributed by atoms with van der Waals surface area (Å²) in [4.78, 5) is 12.0. The predicted octanol–water partition coefficient (Wildman–Crippen LogP) is 2.42. The third kappa shape index (κ3) is 3.96. The van der Waals surface area contributed by atoms with Crippen molar-refractivity contribution in [3.05, 3.63) is 23.8 Å². The summed E-state index contributed by atoms with van der Waals surface area (Å²) < 4.78 is 11.1. The maximum absolute atomic E-state index is 12.0. The smallest absolute Gasteiger partial charge is 0.176 e. The van der Waals surface area contributed by atoms with E-state index in [4.69, 9.17) is 9.47 Å². The standard InChI is InChI=1S/C15H21NO3/c1-2-3-7-16-11-13(17)12-5-6-14-15(10-12)19-9-4-8-18-14/h5-6,10,16H,2-4,7-9,11H2,1H3. The summed E-state index contributed by atoms with van der Waals surface area (Å²) in [5.74, 6) is 1.50. The highest BCUT2D eigenvalue weighted by Crippen LogP contribution is 2.30. The molecule has 1 aromatic rings. The van der Waals surface area contributed by atoms with E-state index >= 15 is 0 Å². The molecule has 0 spiro atoms. The molecule has 0 aromatic heterocycles. The Morgan fingerprint density at radius 1 is 1.26 bits per heavy atom. The monoisotopic (exact) mass is 263 g/mol. The van der Waals surface area contributed by atoms with Crippen molar-refractivity contribution in [2.75, 3.05) is 26.3 Å². The lowest BCUT2D eigenvalue weighted by molar-refractivity contribution is 0.0990. The van der Waals surface area contributed by atoms with E-state index in [1.54, 1.807) is 12.1 Å². The number of ether oxygens (including phenoxy) is 2. The average Bonchev–Trinajstić information content (AvgIpc) is 2.67. The number of hydrogen-bond acceptors (Lipinski definition) is 4. The molecule has 2 rings (SSSR count). The molecule has 1 heterocycles. The molecule has 4 nitrogen and oxygen atoms in total. The third-order valence-electron chi connectivity index (χ3n) is 3.06. The highest BCUT2D eigenvalue weighted by Gasteiger charge is 2.13. The van der Waals surface area contributed by atoms with Crippen LogP contribution < -0.4 is 14.8 Å². The largest absolute Gasteiger partial charge is 0.490 e. The SMILES string of the molecule is CCCCNCC(=O)c1ccc2c(c1)OCCCO2. The second-order valence-electron chi connectivity index (χ2n) is 4.67. The summed E-state index contributed by atoms with van der Waals surface area (Å²) in [6.07, 6.45) is 3.09. The Bertz CT molecular complexity index is 431. The zero-order valence-electron chi connectivity index (χ0n) is 11.4. The van der Waals surface area contributed by atoms with Gasteiger partial charge in [-0.3, -0.25) is 4.79 Å². The van der Waals surface area contributed by atoms with Crippen LogP contribution in [0.3, 0.4) is 0 Å². The number of fused-ring (bicyclic) bond motifs is 1. The molecular weight excluding hydrogens is 242 g/mol. The molecule has 0 fully saturated rings. The molecule has 1 aliphatic rings. The molecule has 104 valence electrons. The minimum atomic E-state index is 0.0896. The number of nitrogens with one attached hydrogen (secondary N) is 1. The van der Waals surface area contributed by atoms with E-state index in [0.29, 0.717) is 31.1 Å². The van der Waals surface area contributed by atoms with Crippen molar-refractivity contribution in [1.29, 1.82) is 0 Å². The van der Waals surface area contributed by atoms with Crippen LogP contribution in [0.2, 0.25) is 0 Å². The average molecular weight is 263 g/mol. The van der Waals surface area contributed by atoms with Gasteiger partial charge < -0.3 is 14.8 Å². The van der Waals surface area contributed by atoms with Gasteiger partial charge in [-0.25, -0.2) is 0 Å². The van der Waals surface area contributed by atoms with Gasteiger partial charge in [0.15, 0.2) is 17.3 Å². The van der Waals surface area contributed by atoms with Gasteiger partial charge >= 0.3 is 0 Å². The van der Waals surface area contributed by atoms with Gasteiger partial charge in [0.2, 0.25) is 0 Å². The van der Waals surface area contributed by atoms with Crippen LogP contribution in [0, 0.1) is 0 Å². The Labute approximate surface area is 114 Å². The number of ketones is 1. The Hall–Kier alpha value is -1.55. The Morgan fingerprint density at radius 3 is 2.84 bits per heavy atom. The van der Waals surface area contributed by atoms with E-state index in [9.17, 15) is 4.79 Å². The molecule has 0 aliphatic carbocycles. The fourth-order valence-electron chi connectivity index (χ4n) is 1.94. The maximum atomic E-state index is 12.0. The first-order chi connectivity index (χ1) is 9.31. The minimum absolute atomic E-state index is 0.0896. The van der Waals surface area contributed by atoms with E-state index < -0.39 is 0 Å². The van der Waals surface area contributed by atoms with Crippen molar-refractivity contribution in [2.24, 2.45) is 0 Å². The lowest BCUT2D eigenvalue weighted by Crippen LogP contribution is -2.23. The molecule has 19 heavy (non-hydrogen) atoms. The first-order valence-electron chi connectivity index (χ1n) is 6.95. The fourth-order valence-corrected chi connectivity index (χ4v) is 1.94. The molecule has 1 N–H and O–H groups in total. The highest BCUT2D eigenvalue weighted by molar-refractivity contribution is 5.98. The Morgan fingerprint density at radius 2 is 2.05 bits per heavy atom.